The first kappa shape index (κ1) is 56.6. The molecule has 0 aliphatic heterocycles. The highest BCUT2D eigenvalue weighted by atomic mass is 16.3. The van der Waals surface area contributed by atoms with E-state index in [0.717, 1.165) is 71.7 Å². The topological polar surface area (TPSA) is 26.3 Å². The van der Waals surface area contributed by atoms with Crippen molar-refractivity contribution in [2.24, 2.45) is 0 Å². The number of para-hydroxylation sites is 1. The number of benzene rings is 18. The lowest BCUT2D eigenvalue weighted by Gasteiger charge is -2.18. The van der Waals surface area contributed by atoms with E-state index in [2.05, 4.69) is 358 Å². The van der Waals surface area contributed by atoms with E-state index < -0.39 is 0 Å². The summed E-state index contributed by atoms with van der Waals surface area (Å²) in [6.45, 7) is 0. The summed E-state index contributed by atoms with van der Waals surface area (Å²) < 4.78 is 13.3. The summed E-state index contributed by atoms with van der Waals surface area (Å²) in [6.07, 6.45) is 0. The third-order valence-electron chi connectivity index (χ3n) is 20.1. The number of rotatable bonds is 8. The predicted molar refractivity (Wildman–Crippen MR) is 416 cm³/mol. The molecule has 20 rings (SSSR count). The Hall–Kier alpha value is -12.9. The van der Waals surface area contributed by atoms with Gasteiger partial charge in [0, 0.05) is 27.1 Å². The fraction of sp³-hybridized carbons (Fsp3) is 0. The average molecular weight is 1250 g/mol. The van der Waals surface area contributed by atoms with Crippen molar-refractivity contribution in [3.05, 3.63) is 364 Å². The van der Waals surface area contributed by atoms with Gasteiger partial charge >= 0.3 is 0 Å². The lowest BCUT2D eigenvalue weighted by Crippen LogP contribution is -1.91. The van der Waals surface area contributed by atoms with Gasteiger partial charge < -0.3 is 8.83 Å². The van der Waals surface area contributed by atoms with Gasteiger partial charge in [-0.1, -0.05) is 303 Å². The normalized spacial score (nSPS) is 11.7. The van der Waals surface area contributed by atoms with Crippen LogP contribution in [0.4, 0.5) is 0 Å². The molecule has 20 aromatic rings. The predicted octanol–water partition coefficient (Wildman–Crippen LogP) is 27.4. The van der Waals surface area contributed by atoms with Crippen LogP contribution in [0.1, 0.15) is 0 Å². The standard InChI is InChI=1S/2C48H30O/c1-3-12-31(13-4-1)34-24-22-32-23-25-35(29-37(32)28-34)46-40-16-7-9-18-42(40)47(43-19-10-8-17-41(43)46)36-26-27-39-44-21-11-20-38(33-14-5-2-6-15-33)48(44)49-45(39)30-36;1-3-11-31(12-4-1)33-19-20-35-28-37(22-21-34(35)27-33)47-41-15-7-9-17-43(41)48(44-18-10-8-16-42(44)47)38-24-26-40-39-25-23-36(32-13-5-2-6-14-32)29-45(39)49-46(40)30-38/h2*1-30H. The maximum absolute atomic E-state index is 6.70. The quantitative estimate of drug-likeness (QED) is 0.142. The van der Waals surface area contributed by atoms with Gasteiger partial charge in [-0.25, -0.2) is 0 Å². The molecule has 456 valence electrons. The van der Waals surface area contributed by atoms with Crippen molar-refractivity contribution in [2.75, 3.05) is 0 Å². The molecular weight excluding hydrogens is 1190 g/mol. The Morgan fingerprint density at radius 3 is 0.847 bits per heavy atom. The second kappa shape index (κ2) is 23.5. The van der Waals surface area contributed by atoms with E-state index in [-0.39, 0.29) is 0 Å². The Labute approximate surface area is 566 Å². The highest BCUT2D eigenvalue weighted by molar-refractivity contribution is 6.24. The molecule has 2 heterocycles. The summed E-state index contributed by atoms with van der Waals surface area (Å²) in [7, 11) is 0. The molecule has 2 heteroatoms. The van der Waals surface area contributed by atoms with Crippen molar-refractivity contribution < 1.29 is 8.83 Å². The number of hydrogen-bond acceptors (Lipinski definition) is 2. The van der Waals surface area contributed by atoms with Crippen LogP contribution >= 0.6 is 0 Å². The first-order valence-corrected chi connectivity index (χ1v) is 33.7. The van der Waals surface area contributed by atoms with Crippen LogP contribution in [0.25, 0.3) is 198 Å². The maximum Gasteiger partial charge on any atom is 0.143 e. The van der Waals surface area contributed by atoms with Gasteiger partial charge in [-0.3, -0.25) is 0 Å². The SMILES string of the molecule is c1ccc(-c2ccc3cc(-c4c5ccccc5c(-c5ccc6c(c5)oc5cc(-c7ccccc7)ccc56)c5ccccc45)ccc3c2)cc1.c1ccc(-c2ccc3ccc(-c4c5ccccc5c(-c5ccc6c(c5)oc5c(-c7ccccc7)cccc56)c5ccccc45)cc3c2)cc1. The Kier molecular flexibility index (Phi) is 13.6. The van der Waals surface area contributed by atoms with E-state index in [0.29, 0.717) is 0 Å². The Morgan fingerprint density at radius 1 is 0.143 bits per heavy atom. The fourth-order valence-corrected chi connectivity index (χ4v) is 15.5. The third-order valence-corrected chi connectivity index (χ3v) is 20.1. The highest BCUT2D eigenvalue weighted by Gasteiger charge is 2.22. The molecule has 18 aromatic carbocycles. The molecule has 0 saturated heterocycles. The summed E-state index contributed by atoms with van der Waals surface area (Å²) in [5.41, 5.74) is 22.9. The fourth-order valence-electron chi connectivity index (χ4n) is 15.5. The maximum atomic E-state index is 6.70. The molecule has 0 aliphatic carbocycles. The average Bonchev–Trinajstić information content (AvgIpc) is 0.915. The van der Waals surface area contributed by atoms with Gasteiger partial charge in [-0.2, -0.15) is 0 Å². The summed E-state index contributed by atoms with van der Waals surface area (Å²) in [4.78, 5) is 0. The van der Waals surface area contributed by atoms with Crippen LogP contribution in [0.5, 0.6) is 0 Å². The minimum atomic E-state index is 0.900. The number of hydrogen-bond donors (Lipinski definition) is 0. The van der Waals surface area contributed by atoms with Crippen molar-refractivity contribution in [1.82, 2.24) is 0 Å². The van der Waals surface area contributed by atoms with Crippen LogP contribution in [0, 0.1) is 0 Å². The molecule has 0 aliphatic rings. The summed E-state index contributed by atoms with van der Waals surface area (Å²) in [6, 6.07) is 131. The van der Waals surface area contributed by atoms with E-state index >= 15 is 0 Å². The number of fused-ring (bicyclic) bond motifs is 12. The van der Waals surface area contributed by atoms with Gasteiger partial charge in [-0.05, 0) is 209 Å². The Balaban J connectivity index is 0.000000137. The van der Waals surface area contributed by atoms with E-state index in [1.54, 1.807) is 0 Å². The molecule has 0 bridgehead atoms. The zero-order chi connectivity index (χ0) is 64.6. The zero-order valence-electron chi connectivity index (χ0n) is 53.5. The molecule has 0 atom stereocenters. The van der Waals surface area contributed by atoms with E-state index in [1.165, 1.54) is 126 Å². The molecule has 0 saturated carbocycles. The third kappa shape index (κ3) is 9.72. The minimum absolute atomic E-state index is 0.900. The van der Waals surface area contributed by atoms with Gasteiger partial charge in [-0.15, -0.1) is 0 Å². The molecule has 0 radical (unpaired) electrons. The molecule has 0 N–H and O–H groups in total. The van der Waals surface area contributed by atoms with Crippen molar-refractivity contribution in [1.29, 1.82) is 0 Å². The first-order chi connectivity index (χ1) is 48.6. The molecule has 0 spiro atoms. The van der Waals surface area contributed by atoms with E-state index in [9.17, 15) is 0 Å². The van der Waals surface area contributed by atoms with Gasteiger partial charge in [0.05, 0.1) is 0 Å². The molecular formula is C96H60O2. The van der Waals surface area contributed by atoms with Crippen LogP contribution in [0.3, 0.4) is 0 Å². The van der Waals surface area contributed by atoms with E-state index in [4.69, 9.17) is 8.83 Å². The summed E-state index contributed by atoms with van der Waals surface area (Å²) in [5, 5.41) is 19.4. The second-order valence-electron chi connectivity index (χ2n) is 25.7. The van der Waals surface area contributed by atoms with Crippen LogP contribution in [-0.2, 0) is 0 Å². The summed E-state index contributed by atoms with van der Waals surface area (Å²) >= 11 is 0. The second-order valence-corrected chi connectivity index (χ2v) is 25.7. The molecule has 98 heavy (non-hydrogen) atoms. The first-order valence-electron chi connectivity index (χ1n) is 33.7. The Bertz CT molecular complexity index is 6400. The summed E-state index contributed by atoms with van der Waals surface area (Å²) in [5.74, 6) is 0. The lowest BCUT2D eigenvalue weighted by atomic mass is 9.85. The van der Waals surface area contributed by atoms with Crippen LogP contribution in [-0.4, -0.2) is 0 Å². The molecule has 2 aromatic heterocycles. The van der Waals surface area contributed by atoms with Crippen molar-refractivity contribution >= 4 is 109 Å². The van der Waals surface area contributed by atoms with Crippen molar-refractivity contribution in [3.8, 4) is 89.0 Å². The lowest BCUT2D eigenvalue weighted by molar-refractivity contribution is 0.669. The number of furan rings is 2. The molecule has 0 fully saturated rings. The van der Waals surface area contributed by atoms with Crippen LogP contribution in [0.15, 0.2) is 373 Å². The monoisotopic (exact) mass is 1240 g/mol. The van der Waals surface area contributed by atoms with Crippen LogP contribution < -0.4 is 0 Å². The van der Waals surface area contributed by atoms with Gasteiger partial charge in [0.15, 0.2) is 0 Å². The highest BCUT2D eigenvalue weighted by Crippen LogP contribution is 2.49. The smallest absolute Gasteiger partial charge is 0.143 e. The van der Waals surface area contributed by atoms with Crippen LogP contribution in [0.2, 0.25) is 0 Å². The molecule has 0 unspecified atom stereocenters. The Morgan fingerprint density at radius 2 is 0.418 bits per heavy atom. The van der Waals surface area contributed by atoms with E-state index in [1.807, 2.05) is 6.07 Å². The zero-order valence-corrected chi connectivity index (χ0v) is 53.5. The van der Waals surface area contributed by atoms with Crippen molar-refractivity contribution in [2.45, 2.75) is 0 Å². The largest absolute Gasteiger partial charge is 0.456 e. The molecule has 0 amide bonds. The molecule has 2 nitrogen and oxygen atoms in total. The van der Waals surface area contributed by atoms with Crippen molar-refractivity contribution in [3.63, 3.8) is 0 Å². The van der Waals surface area contributed by atoms with Gasteiger partial charge in [0.1, 0.15) is 22.3 Å². The van der Waals surface area contributed by atoms with Gasteiger partial charge in [0.25, 0.3) is 0 Å². The minimum Gasteiger partial charge on any atom is -0.456 e. The van der Waals surface area contributed by atoms with Gasteiger partial charge in [0.2, 0.25) is 0 Å².